The van der Waals surface area contributed by atoms with Crippen LogP contribution in [-0.2, 0) is 0 Å². The fraction of sp³-hybridized carbons (Fsp3) is 0.737. The highest BCUT2D eigenvalue weighted by molar-refractivity contribution is 5.84. The highest BCUT2D eigenvalue weighted by atomic mass is 15.3. The van der Waals surface area contributed by atoms with Crippen molar-refractivity contribution in [2.24, 2.45) is 16.1 Å². The molecule has 0 amide bonds. The zero-order valence-corrected chi connectivity index (χ0v) is 15.2. The summed E-state index contributed by atoms with van der Waals surface area (Å²) >= 11 is 0. The Bertz CT molecular complexity index is 560. The van der Waals surface area contributed by atoms with E-state index in [1.165, 1.54) is 63.4 Å². The van der Waals surface area contributed by atoms with E-state index in [1.54, 1.807) is 0 Å². The number of hydrogen-bond donors (Lipinski definition) is 0. The van der Waals surface area contributed by atoms with Gasteiger partial charge in [-0.05, 0) is 50.0 Å². The summed E-state index contributed by atoms with van der Waals surface area (Å²) in [5, 5.41) is 12.7. The Hall–Kier alpha value is -1.65. The molecule has 2 saturated carbocycles. The van der Waals surface area contributed by atoms with Crippen LogP contribution in [-0.4, -0.2) is 41.3 Å². The molecule has 2 fully saturated rings. The number of amidine groups is 1. The van der Waals surface area contributed by atoms with Crippen LogP contribution in [0, 0.1) is 5.92 Å². The Morgan fingerprint density at radius 1 is 1.12 bits per heavy atom. The molecule has 5 nitrogen and oxygen atoms in total. The first-order valence-electron chi connectivity index (χ1n) is 9.44. The minimum absolute atomic E-state index is 0.509. The molecule has 0 radical (unpaired) electrons. The predicted molar refractivity (Wildman–Crippen MR) is 99.7 cm³/mol. The molecule has 2 aliphatic rings. The second kappa shape index (κ2) is 7.95. The summed E-state index contributed by atoms with van der Waals surface area (Å²) in [5.74, 6) is 2.23. The van der Waals surface area contributed by atoms with Crippen LogP contribution in [0.25, 0.3) is 0 Å². The van der Waals surface area contributed by atoms with Gasteiger partial charge in [0.25, 0.3) is 0 Å². The van der Waals surface area contributed by atoms with Gasteiger partial charge in [0, 0.05) is 32.9 Å². The molecule has 0 aromatic carbocycles. The average Bonchev–Trinajstić information content (AvgIpc) is 3.10. The van der Waals surface area contributed by atoms with Crippen LogP contribution in [0.3, 0.4) is 0 Å². The van der Waals surface area contributed by atoms with Crippen LogP contribution < -0.4 is 0 Å². The molecular formula is C19H31N5. The van der Waals surface area contributed by atoms with E-state index in [9.17, 15) is 0 Å². The Labute approximate surface area is 145 Å². The summed E-state index contributed by atoms with van der Waals surface area (Å²) in [4.78, 5) is 2.08. The van der Waals surface area contributed by atoms with Crippen LogP contribution in [0.1, 0.15) is 75.3 Å². The molecule has 2 aliphatic carbocycles. The van der Waals surface area contributed by atoms with E-state index in [0.29, 0.717) is 17.9 Å². The topological polar surface area (TPSA) is 45.8 Å². The number of aromatic nitrogens is 2. The maximum atomic E-state index is 4.69. The summed E-state index contributed by atoms with van der Waals surface area (Å²) in [7, 11) is 4.09. The third kappa shape index (κ3) is 3.87. The van der Waals surface area contributed by atoms with Crippen molar-refractivity contribution in [1.82, 2.24) is 14.7 Å². The number of nitrogens with zero attached hydrogens (tertiary/aromatic N) is 5. The summed E-state index contributed by atoms with van der Waals surface area (Å²) in [6.07, 6.45) is 15.9. The fourth-order valence-electron chi connectivity index (χ4n) is 4.40. The van der Waals surface area contributed by atoms with Gasteiger partial charge in [-0.3, -0.25) is 4.68 Å². The Balaban J connectivity index is 1.59. The van der Waals surface area contributed by atoms with Crippen LogP contribution in [0.5, 0.6) is 0 Å². The van der Waals surface area contributed by atoms with Crippen LogP contribution in [0.4, 0.5) is 0 Å². The fourth-order valence-corrected chi connectivity index (χ4v) is 4.40. The van der Waals surface area contributed by atoms with E-state index in [-0.39, 0.29) is 0 Å². The lowest BCUT2D eigenvalue weighted by Gasteiger charge is -2.31. The van der Waals surface area contributed by atoms with Gasteiger partial charge in [-0.1, -0.05) is 19.3 Å². The third-order valence-electron chi connectivity index (χ3n) is 5.77. The quantitative estimate of drug-likeness (QED) is 0.471. The molecule has 5 heteroatoms. The van der Waals surface area contributed by atoms with Crippen molar-refractivity contribution in [1.29, 1.82) is 0 Å². The first-order valence-corrected chi connectivity index (χ1v) is 9.44. The van der Waals surface area contributed by atoms with E-state index >= 15 is 0 Å². The van der Waals surface area contributed by atoms with Crippen molar-refractivity contribution < 1.29 is 0 Å². The molecule has 1 aromatic rings. The summed E-state index contributed by atoms with van der Waals surface area (Å²) in [5.41, 5.74) is 1.43. The van der Waals surface area contributed by atoms with Crippen LogP contribution in [0.15, 0.2) is 22.6 Å². The lowest BCUT2D eigenvalue weighted by Crippen LogP contribution is -2.32. The molecule has 3 rings (SSSR count). The van der Waals surface area contributed by atoms with E-state index in [1.807, 2.05) is 14.1 Å². The van der Waals surface area contributed by atoms with Crippen molar-refractivity contribution in [3.63, 3.8) is 0 Å². The summed E-state index contributed by atoms with van der Waals surface area (Å²) in [6, 6.07) is 0.634. The zero-order valence-electron chi connectivity index (χ0n) is 15.2. The van der Waals surface area contributed by atoms with Gasteiger partial charge in [0.05, 0.1) is 12.2 Å². The van der Waals surface area contributed by atoms with Gasteiger partial charge in [-0.25, -0.2) is 0 Å². The van der Waals surface area contributed by atoms with Crippen molar-refractivity contribution in [2.45, 2.75) is 69.7 Å². The van der Waals surface area contributed by atoms with Gasteiger partial charge in [0.2, 0.25) is 0 Å². The first kappa shape index (κ1) is 17.2. The first-order chi connectivity index (χ1) is 11.7. The average molecular weight is 329 g/mol. The van der Waals surface area contributed by atoms with Crippen molar-refractivity contribution >= 4 is 12.6 Å². The van der Waals surface area contributed by atoms with Gasteiger partial charge in [0.15, 0.2) is 0 Å². The van der Waals surface area contributed by atoms with E-state index in [4.69, 9.17) is 0 Å². The largest absolute Gasteiger partial charge is 0.364 e. The highest BCUT2D eigenvalue weighted by Crippen LogP contribution is 2.37. The smallest absolute Gasteiger partial charge is 0.130 e. The highest BCUT2D eigenvalue weighted by Gasteiger charge is 2.28. The van der Waals surface area contributed by atoms with Gasteiger partial charge in [-0.2, -0.15) is 10.2 Å². The Kier molecular flexibility index (Phi) is 5.69. The summed E-state index contributed by atoms with van der Waals surface area (Å²) < 4.78 is 2.24. The van der Waals surface area contributed by atoms with E-state index < -0.39 is 0 Å². The molecule has 132 valence electrons. The molecule has 0 saturated heterocycles. The van der Waals surface area contributed by atoms with Gasteiger partial charge < -0.3 is 4.90 Å². The normalized spacial score (nSPS) is 26.3. The Morgan fingerprint density at radius 2 is 1.83 bits per heavy atom. The second-order valence-electron chi connectivity index (χ2n) is 7.59. The SMILES string of the molecule is C=N/N=C(/C1CCC(c2cnn(C3CCCCC3)c2)CC1)N(C)C. The molecule has 0 unspecified atom stereocenters. The second-order valence-corrected chi connectivity index (χ2v) is 7.59. The molecule has 0 atom stereocenters. The molecule has 1 aromatic heterocycles. The molecule has 0 spiro atoms. The zero-order chi connectivity index (χ0) is 16.9. The molecule has 0 N–H and O–H groups in total. The van der Waals surface area contributed by atoms with Gasteiger partial charge in [0.1, 0.15) is 5.84 Å². The minimum Gasteiger partial charge on any atom is -0.364 e. The van der Waals surface area contributed by atoms with Crippen molar-refractivity contribution in [2.75, 3.05) is 14.1 Å². The molecule has 24 heavy (non-hydrogen) atoms. The van der Waals surface area contributed by atoms with Crippen LogP contribution in [0.2, 0.25) is 0 Å². The predicted octanol–water partition coefficient (Wildman–Crippen LogP) is 4.24. The molecular weight excluding hydrogens is 298 g/mol. The molecule has 0 aliphatic heterocycles. The molecule has 0 bridgehead atoms. The number of hydrogen-bond acceptors (Lipinski definition) is 3. The van der Waals surface area contributed by atoms with Crippen molar-refractivity contribution in [3.05, 3.63) is 18.0 Å². The third-order valence-corrected chi connectivity index (χ3v) is 5.77. The van der Waals surface area contributed by atoms with Gasteiger partial charge in [-0.15, -0.1) is 5.10 Å². The van der Waals surface area contributed by atoms with Gasteiger partial charge >= 0.3 is 0 Å². The monoisotopic (exact) mass is 329 g/mol. The maximum absolute atomic E-state index is 4.69. The van der Waals surface area contributed by atoms with Crippen molar-refractivity contribution in [3.8, 4) is 0 Å². The van der Waals surface area contributed by atoms with E-state index in [0.717, 1.165) is 5.84 Å². The standard InChI is InChI=1S/C19H31N5/c1-20-22-19(23(2)3)16-11-9-15(10-12-16)17-13-21-24(14-17)18-7-5-4-6-8-18/h13-16,18H,1,4-12H2,2-3H3/b22-19-. The minimum atomic E-state index is 0.509. The lowest BCUT2D eigenvalue weighted by atomic mass is 9.79. The number of rotatable bonds is 4. The summed E-state index contributed by atoms with van der Waals surface area (Å²) in [6.45, 7) is 3.51. The van der Waals surface area contributed by atoms with E-state index in [2.05, 4.69) is 44.0 Å². The molecule has 1 heterocycles. The Morgan fingerprint density at radius 3 is 2.46 bits per heavy atom. The lowest BCUT2D eigenvalue weighted by molar-refractivity contribution is 0.328. The van der Waals surface area contributed by atoms with Crippen LogP contribution >= 0.6 is 0 Å². The maximum Gasteiger partial charge on any atom is 0.130 e.